The Morgan fingerprint density at radius 2 is 1.68 bits per heavy atom. The van der Waals surface area contributed by atoms with Crippen LogP contribution in [0.25, 0.3) is 11.3 Å². The smallest absolute Gasteiger partial charge is 0.190 e. The Hall–Kier alpha value is -1.73. The summed E-state index contributed by atoms with van der Waals surface area (Å²) in [5, 5.41) is 2.23. The van der Waals surface area contributed by atoms with Crippen molar-refractivity contribution in [3.8, 4) is 11.3 Å². The number of rotatable bonds is 5. The minimum absolute atomic E-state index is 0. The van der Waals surface area contributed by atoms with Crippen LogP contribution in [-0.2, 0) is 11.3 Å². The lowest BCUT2D eigenvalue weighted by atomic mass is 10.1. The molecule has 0 amide bonds. The maximum absolute atomic E-state index is 5.48. The number of thiazole rings is 1. The van der Waals surface area contributed by atoms with E-state index in [1.165, 1.54) is 16.8 Å². The van der Waals surface area contributed by atoms with E-state index in [4.69, 9.17) is 9.73 Å². The number of ether oxygens (including phenoxy) is 1. The van der Waals surface area contributed by atoms with Gasteiger partial charge in [-0.15, -0.1) is 28.3 Å². The first-order chi connectivity index (χ1) is 13.3. The quantitative estimate of drug-likeness (QED) is 0.554. The molecule has 1 aromatic heterocycles. The number of hydrogen-bond donors (Lipinski definition) is 0. The van der Waals surface area contributed by atoms with Gasteiger partial charge in [0.1, 0.15) is 0 Å². The van der Waals surface area contributed by atoms with Crippen molar-refractivity contribution < 1.29 is 4.74 Å². The van der Waals surface area contributed by atoms with Crippen LogP contribution in [-0.4, -0.2) is 42.3 Å². The highest BCUT2D eigenvalue weighted by Gasteiger charge is 2.13. The normalized spacial score (nSPS) is 15.4. The zero-order chi connectivity index (χ0) is 18.5. The second-order valence-corrected chi connectivity index (χ2v) is 7.66. The zero-order valence-electron chi connectivity index (χ0n) is 16.1. The van der Waals surface area contributed by atoms with E-state index in [0.717, 1.165) is 49.9 Å². The van der Waals surface area contributed by atoms with Crippen molar-refractivity contribution in [1.29, 1.82) is 0 Å². The summed E-state index contributed by atoms with van der Waals surface area (Å²) in [6, 6.07) is 19.0. The molecule has 28 heavy (non-hydrogen) atoms. The Morgan fingerprint density at radius 3 is 2.39 bits per heavy atom. The lowest BCUT2D eigenvalue weighted by molar-refractivity contribution is 0.0363. The van der Waals surface area contributed by atoms with Gasteiger partial charge in [0.2, 0.25) is 0 Å². The first-order valence-electron chi connectivity index (χ1n) is 9.45. The van der Waals surface area contributed by atoms with E-state index >= 15 is 0 Å². The summed E-state index contributed by atoms with van der Waals surface area (Å²) in [6.45, 7) is 7.76. The molecule has 4 rings (SSSR count). The number of hydrogen-bond acceptors (Lipinski definition) is 4. The summed E-state index contributed by atoms with van der Waals surface area (Å²) in [4.78, 5) is 8.42. The molecule has 0 radical (unpaired) electrons. The van der Waals surface area contributed by atoms with Crippen molar-refractivity contribution in [3.63, 3.8) is 0 Å². The van der Waals surface area contributed by atoms with Gasteiger partial charge in [0, 0.05) is 31.6 Å². The van der Waals surface area contributed by atoms with Crippen molar-refractivity contribution >= 4 is 34.0 Å². The monoisotopic (exact) mass is 459 g/mol. The minimum Gasteiger partial charge on any atom is -0.379 e. The molecule has 0 atom stereocenters. The molecule has 148 valence electrons. The standard InChI is InChI=1S/C22H25N3OS.BrH/c1-18-7-9-19(10-8-18)21-17-27-22(23-20-5-3-2-4-6-20)25(21)12-11-24-13-15-26-16-14-24;/h2-10,17H,11-16H2,1H3;1H. The fourth-order valence-electron chi connectivity index (χ4n) is 3.27. The Kier molecular flexibility index (Phi) is 7.62. The van der Waals surface area contributed by atoms with Crippen LogP contribution in [0.1, 0.15) is 5.56 Å². The van der Waals surface area contributed by atoms with Gasteiger partial charge in [-0.25, -0.2) is 4.99 Å². The maximum atomic E-state index is 5.48. The molecule has 0 N–H and O–H groups in total. The summed E-state index contributed by atoms with van der Waals surface area (Å²) in [5.74, 6) is 0. The van der Waals surface area contributed by atoms with Crippen molar-refractivity contribution in [2.45, 2.75) is 13.5 Å². The van der Waals surface area contributed by atoms with Gasteiger partial charge >= 0.3 is 0 Å². The molecule has 0 bridgehead atoms. The summed E-state index contributed by atoms with van der Waals surface area (Å²) in [5.41, 5.74) is 4.76. The van der Waals surface area contributed by atoms with Gasteiger partial charge in [0.25, 0.3) is 0 Å². The molecule has 0 aliphatic carbocycles. The molecular formula is C22H26BrN3OS. The first kappa shape index (κ1) is 21.0. The van der Waals surface area contributed by atoms with Crippen LogP contribution in [0, 0.1) is 6.92 Å². The van der Waals surface area contributed by atoms with Crippen LogP contribution in [0.4, 0.5) is 5.69 Å². The average Bonchev–Trinajstić information content (AvgIpc) is 3.11. The minimum atomic E-state index is 0. The number of aryl methyl sites for hydroxylation is 1. The van der Waals surface area contributed by atoms with Gasteiger partial charge in [-0.3, -0.25) is 4.90 Å². The molecule has 1 saturated heterocycles. The predicted molar refractivity (Wildman–Crippen MR) is 122 cm³/mol. The lowest BCUT2D eigenvalue weighted by Gasteiger charge is -2.26. The fourth-order valence-corrected chi connectivity index (χ4v) is 4.22. The van der Waals surface area contributed by atoms with Crippen LogP contribution in [0.5, 0.6) is 0 Å². The Morgan fingerprint density at radius 1 is 0.964 bits per heavy atom. The molecule has 2 aromatic carbocycles. The summed E-state index contributed by atoms with van der Waals surface area (Å²) >= 11 is 1.71. The third-order valence-electron chi connectivity index (χ3n) is 4.87. The van der Waals surface area contributed by atoms with E-state index in [1.54, 1.807) is 11.3 Å². The molecule has 6 heteroatoms. The van der Waals surface area contributed by atoms with E-state index in [9.17, 15) is 0 Å². The van der Waals surface area contributed by atoms with Crippen LogP contribution >= 0.6 is 28.3 Å². The zero-order valence-corrected chi connectivity index (χ0v) is 18.6. The highest BCUT2D eigenvalue weighted by Crippen LogP contribution is 2.21. The molecule has 1 fully saturated rings. The molecule has 4 nitrogen and oxygen atoms in total. The second-order valence-electron chi connectivity index (χ2n) is 6.82. The van der Waals surface area contributed by atoms with Gasteiger partial charge in [-0.2, -0.15) is 0 Å². The van der Waals surface area contributed by atoms with Crippen LogP contribution in [0.3, 0.4) is 0 Å². The third kappa shape index (κ3) is 5.20. The summed E-state index contributed by atoms with van der Waals surface area (Å²) in [6.07, 6.45) is 0. The number of para-hydroxylation sites is 1. The molecule has 2 heterocycles. The van der Waals surface area contributed by atoms with E-state index in [0.29, 0.717) is 0 Å². The molecule has 1 aliphatic rings. The van der Waals surface area contributed by atoms with Crippen molar-refractivity contribution in [2.24, 2.45) is 4.99 Å². The van der Waals surface area contributed by atoms with Crippen LogP contribution in [0.15, 0.2) is 65.0 Å². The molecule has 1 aliphatic heterocycles. The fraction of sp³-hybridized carbons (Fsp3) is 0.318. The van der Waals surface area contributed by atoms with Crippen LogP contribution < -0.4 is 4.80 Å². The Bertz CT molecular complexity index is 928. The summed E-state index contributed by atoms with van der Waals surface area (Å²) in [7, 11) is 0. The SMILES string of the molecule is Br.Cc1ccc(-c2csc(=Nc3ccccc3)n2CCN2CCOCC2)cc1. The highest BCUT2D eigenvalue weighted by atomic mass is 79.9. The molecule has 0 saturated carbocycles. The number of morpholine rings is 1. The first-order valence-corrected chi connectivity index (χ1v) is 10.3. The number of aromatic nitrogens is 1. The van der Waals surface area contributed by atoms with Gasteiger partial charge in [0.15, 0.2) is 4.80 Å². The van der Waals surface area contributed by atoms with Crippen molar-refractivity contribution in [1.82, 2.24) is 9.47 Å². The van der Waals surface area contributed by atoms with E-state index in [1.807, 2.05) is 18.2 Å². The third-order valence-corrected chi connectivity index (χ3v) is 5.73. The van der Waals surface area contributed by atoms with Crippen molar-refractivity contribution in [3.05, 3.63) is 70.3 Å². The predicted octanol–water partition coefficient (Wildman–Crippen LogP) is 4.67. The molecule has 0 spiro atoms. The number of benzene rings is 2. The number of halogens is 1. The molecule has 3 aromatic rings. The van der Waals surface area contributed by atoms with E-state index in [2.05, 4.69) is 58.2 Å². The lowest BCUT2D eigenvalue weighted by Crippen LogP contribution is -2.39. The second kappa shape index (κ2) is 10.2. The molecule has 0 unspecified atom stereocenters. The maximum Gasteiger partial charge on any atom is 0.190 e. The summed E-state index contributed by atoms with van der Waals surface area (Å²) < 4.78 is 7.84. The highest BCUT2D eigenvalue weighted by molar-refractivity contribution is 8.93. The van der Waals surface area contributed by atoms with Crippen LogP contribution in [0.2, 0.25) is 0 Å². The largest absolute Gasteiger partial charge is 0.379 e. The Balaban J connectivity index is 0.00000225. The topological polar surface area (TPSA) is 29.8 Å². The van der Waals surface area contributed by atoms with Crippen molar-refractivity contribution in [2.75, 3.05) is 32.8 Å². The van der Waals surface area contributed by atoms with E-state index in [-0.39, 0.29) is 17.0 Å². The Labute approximate surface area is 180 Å². The van der Waals surface area contributed by atoms with E-state index < -0.39 is 0 Å². The van der Waals surface area contributed by atoms with Gasteiger partial charge in [-0.05, 0) is 24.6 Å². The molecular weight excluding hydrogens is 434 g/mol. The van der Waals surface area contributed by atoms with Gasteiger partial charge in [-0.1, -0.05) is 48.0 Å². The average molecular weight is 460 g/mol. The van der Waals surface area contributed by atoms with Gasteiger partial charge < -0.3 is 9.30 Å². The van der Waals surface area contributed by atoms with Gasteiger partial charge in [0.05, 0.1) is 24.6 Å². The number of nitrogens with zero attached hydrogens (tertiary/aromatic N) is 3.